The topological polar surface area (TPSA) is 95.9 Å². The van der Waals surface area contributed by atoms with Gasteiger partial charge in [0.25, 0.3) is 0 Å². The molecule has 1 atom stereocenters. The number of aryl methyl sites for hydroxylation is 1. The van der Waals surface area contributed by atoms with E-state index in [9.17, 15) is 14.4 Å². The molecular weight excluding hydrogens is 312 g/mol. The van der Waals surface area contributed by atoms with Crippen LogP contribution < -0.4 is 10.2 Å². The summed E-state index contributed by atoms with van der Waals surface area (Å²) < 4.78 is 5.20. The molecule has 1 aliphatic heterocycles. The van der Waals surface area contributed by atoms with Crippen molar-refractivity contribution in [2.75, 3.05) is 16.8 Å². The molecular formula is C17H22N2O5. The van der Waals surface area contributed by atoms with Gasteiger partial charge < -0.3 is 14.7 Å². The van der Waals surface area contributed by atoms with E-state index in [2.05, 4.69) is 5.32 Å². The summed E-state index contributed by atoms with van der Waals surface area (Å²) in [6.45, 7) is 7.26. The monoisotopic (exact) mass is 334 g/mol. The Hall–Kier alpha value is -2.57. The SMILES string of the molecule is Cc1ccc(NC(=O)OC(C)(C)C)cc1N1CC(C(=O)O)CC1=O. The number of carboxylic acids is 1. The zero-order chi connectivity index (χ0) is 18.1. The number of aliphatic carboxylic acids is 1. The van der Waals surface area contributed by atoms with Crippen molar-refractivity contribution in [2.45, 2.75) is 39.7 Å². The van der Waals surface area contributed by atoms with Gasteiger partial charge in [0.15, 0.2) is 0 Å². The highest BCUT2D eigenvalue weighted by Gasteiger charge is 2.35. The fourth-order valence-corrected chi connectivity index (χ4v) is 2.51. The van der Waals surface area contributed by atoms with Crippen molar-refractivity contribution in [3.63, 3.8) is 0 Å². The van der Waals surface area contributed by atoms with Crippen LogP contribution in [0.3, 0.4) is 0 Å². The smallest absolute Gasteiger partial charge is 0.412 e. The van der Waals surface area contributed by atoms with Gasteiger partial charge >= 0.3 is 12.1 Å². The minimum absolute atomic E-state index is 0.0154. The van der Waals surface area contributed by atoms with E-state index in [-0.39, 0.29) is 18.9 Å². The Kier molecular flexibility index (Phi) is 4.82. The van der Waals surface area contributed by atoms with Crippen LogP contribution in [-0.2, 0) is 14.3 Å². The molecule has 0 bridgehead atoms. The lowest BCUT2D eigenvalue weighted by atomic mass is 10.1. The van der Waals surface area contributed by atoms with Crippen LogP contribution in [0.25, 0.3) is 0 Å². The number of carbonyl (C=O) groups excluding carboxylic acids is 2. The van der Waals surface area contributed by atoms with Gasteiger partial charge in [-0.15, -0.1) is 0 Å². The van der Waals surface area contributed by atoms with Crippen LogP contribution >= 0.6 is 0 Å². The normalized spacial score (nSPS) is 17.8. The molecule has 0 spiro atoms. The molecule has 1 fully saturated rings. The lowest BCUT2D eigenvalue weighted by Crippen LogP contribution is -2.28. The number of anilines is 2. The molecule has 1 aromatic rings. The maximum absolute atomic E-state index is 12.1. The molecule has 0 aromatic heterocycles. The third-order valence-corrected chi connectivity index (χ3v) is 3.62. The van der Waals surface area contributed by atoms with Crippen molar-refractivity contribution < 1.29 is 24.2 Å². The summed E-state index contributed by atoms with van der Waals surface area (Å²) in [5.41, 5.74) is 1.29. The molecule has 0 radical (unpaired) electrons. The number of nitrogens with one attached hydrogen (secondary N) is 1. The summed E-state index contributed by atoms with van der Waals surface area (Å²) in [6, 6.07) is 5.13. The number of amides is 2. The Labute approximate surface area is 140 Å². The number of hydrogen-bond donors (Lipinski definition) is 2. The average Bonchev–Trinajstić information content (AvgIpc) is 2.81. The number of carboxylic acid groups (broad SMARTS) is 1. The molecule has 7 heteroatoms. The molecule has 2 rings (SSSR count). The average molecular weight is 334 g/mol. The molecule has 1 aromatic carbocycles. The number of ether oxygens (including phenoxy) is 1. The maximum Gasteiger partial charge on any atom is 0.412 e. The predicted octanol–water partition coefficient (Wildman–Crippen LogP) is 2.78. The second-order valence-corrected chi connectivity index (χ2v) is 6.87. The van der Waals surface area contributed by atoms with Gasteiger partial charge in [0.05, 0.1) is 5.92 Å². The van der Waals surface area contributed by atoms with E-state index in [0.29, 0.717) is 11.4 Å². The van der Waals surface area contributed by atoms with E-state index in [1.165, 1.54) is 4.90 Å². The van der Waals surface area contributed by atoms with Gasteiger partial charge in [-0.3, -0.25) is 14.9 Å². The van der Waals surface area contributed by atoms with Gasteiger partial charge in [-0.1, -0.05) is 6.07 Å². The fraction of sp³-hybridized carbons (Fsp3) is 0.471. The van der Waals surface area contributed by atoms with E-state index in [0.717, 1.165) is 5.56 Å². The highest BCUT2D eigenvalue weighted by molar-refractivity contribution is 6.00. The highest BCUT2D eigenvalue weighted by Crippen LogP contribution is 2.30. The first kappa shape index (κ1) is 17.8. The van der Waals surface area contributed by atoms with Crippen LogP contribution in [0.1, 0.15) is 32.8 Å². The van der Waals surface area contributed by atoms with Gasteiger partial charge in [0, 0.05) is 24.3 Å². The van der Waals surface area contributed by atoms with Crippen molar-refractivity contribution >= 4 is 29.3 Å². The molecule has 1 unspecified atom stereocenters. The first-order chi connectivity index (χ1) is 11.1. The second kappa shape index (κ2) is 6.51. The van der Waals surface area contributed by atoms with E-state index in [1.807, 2.05) is 6.92 Å². The van der Waals surface area contributed by atoms with Crippen LogP contribution in [-0.4, -0.2) is 35.2 Å². The number of nitrogens with zero attached hydrogens (tertiary/aromatic N) is 1. The number of rotatable bonds is 3. The van der Waals surface area contributed by atoms with Crippen molar-refractivity contribution in [1.29, 1.82) is 0 Å². The molecule has 7 nitrogen and oxygen atoms in total. The van der Waals surface area contributed by atoms with E-state index < -0.39 is 23.6 Å². The molecule has 0 aliphatic carbocycles. The van der Waals surface area contributed by atoms with Crippen molar-refractivity contribution in [1.82, 2.24) is 0 Å². The summed E-state index contributed by atoms with van der Waals surface area (Å²) in [7, 11) is 0. The minimum Gasteiger partial charge on any atom is -0.481 e. The van der Waals surface area contributed by atoms with Gasteiger partial charge in [0.1, 0.15) is 5.60 Å². The number of hydrogen-bond acceptors (Lipinski definition) is 4. The second-order valence-electron chi connectivity index (χ2n) is 6.87. The summed E-state index contributed by atoms with van der Waals surface area (Å²) >= 11 is 0. The first-order valence-electron chi connectivity index (χ1n) is 7.70. The lowest BCUT2D eigenvalue weighted by Gasteiger charge is -2.22. The molecule has 1 saturated heterocycles. The van der Waals surface area contributed by atoms with Crippen LogP contribution in [0.4, 0.5) is 16.2 Å². The predicted molar refractivity (Wildman–Crippen MR) is 89.1 cm³/mol. The summed E-state index contributed by atoms with van der Waals surface area (Å²) in [5, 5.41) is 11.7. The van der Waals surface area contributed by atoms with Crippen LogP contribution in [0.5, 0.6) is 0 Å². The Morgan fingerprint density at radius 3 is 2.54 bits per heavy atom. The van der Waals surface area contributed by atoms with Gasteiger partial charge in [0.2, 0.25) is 5.91 Å². The van der Waals surface area contributed by atoms with E-state index in [1.54, 1.807) is 39.0 Å². The third kappa shape index (κ3) is 4.24. The third-order valence-electron chi connectivity index (χ3n) is 3.62. The number of carbonyl (C=O) groups is 3. The fourth-order valence-electron chi connectivity index (χ4n) is 2.51. The lowest BCUT2D eigenvalue weighted by molar-refractivity contribution is -0.141. The standard InChI is InChI=1S/C17H22N2O5/c1-10-5-6-12(18-16(23)24-17(2,3)4)8-13(10)19-9-11(15(21)22)7-14(19)20/h5-6,8,11H,7,9H2,1-4H3,(H,18,23)(H,21,22). The van der Waals surface area contributed by atoms with Crippen LogP contribution in [0.15, 0.2) is 18.2 Å². The Bertz CT molecular complexity index is 678. The highest BCUT2D eigenvalue weighted by atomic mass is 16.6. The molecule has 1 heterocycles. The van der Waals surface area contributed by atoms with E-state index >= 15 is 0 Å². The molecule has 24 heavy (non-hydrogen) atoms. The molecule has 0 saturated carbocycles. The summed E-state index contributed by atoms with van der Waals surface area (Å²) in [6.07, 6.45) is -0.605. The largest absolute Gasteiger partial charge is 0.481 e. The number of benzene rings is 1. The summed E-state index contributed by atoms with van der Waals surface area (Å²) in [4.78, 5) is 36.5. The summed E-state index contributed by atoms with van der Waals surface area (Å²) in [5.74, 6) is -1.93. The van der Waals surface area contributed by atoms with Crippen molar-refractivity contribution in [3.8, 4) is 0 Å². The minimum atomic E-state index is -0.980. The van der Waals surface area contributed by atoms with E-state index in [4.69, 9.17) is 9.84 Å². The van der Waals surface area contributed by atoms with Gasteiger partial charge in [-0.05, 0) is 45.4 Å². The molecule has 1 aliphatic rings. The van der Waals surface area contributed by atoms with Crippen LogP contribution in [0.2, 0.25) is 0 Å². The zero-order valence-corrected chi connectivity index (χ0v) is 14.3. The molecule has 130 valence electrons. The first-order valence-corrected chi connectivity index (χ1v) is 7.70. The Morgan fingerprint density at radius 2 is 2.00 bits per heavy atom. The zero-order valence-electron chi connectivity index (χ0n) is 14.3. The van der Waals surface area contributed by atoms with Crippen molar-refractivity contribution in [3.05, 3.63) is 23.8 Å². The molecule has 2 amide bonds. The van der Waals surface area contributed by atoms with Crippen molar-refractivity contribution in [2.24, 2.45) is 5.92 Å². The molecule has 2 N–H and O–H groups in total. The maximum atomic E-state index is 12.1. The quantitative estimate of drug-likeness (QED) is 0.886. The Balaban J connectivity index is 2.19. The van der Waals surface area contributed by atoms with Gasteiger partial charge in [-0.25, -0.2) is 4.79 Å². The Morgan fingerprint density at radius 1 is 1.33 bits per heavy atom. The van der Waals surface area contributed by atoms with Gasteiger partial charge in [-0.2, -0.15) is 0 Å². The van der Waals surface area contributed by atoms with Crippen LogP contribution in [0, 0.1) is 12.8 Å².